The second-order valence-electron chi connectivity index (χ2n) is 6.40. The van der Waals surface area contributed by atoms with Crippen LogP contribution in [0, 0.1) is 0 Å². The Bertz CT molecular complexity index is 548. The molecule has 0 spiro atoms. The van der Waals surface area contributed by atoms with E-state index < -0.39 is 13.8 Å². The Balaban J connectivity index is 4.11. The number of carbonyl (C=O) groups is 1. The highest BCUT2D eigenvalue weighted by Gasteiger charge is 2.27. The first-order chi connectivity index (χ1) is 11.7. The molecule has 144 valence electrons. The number of nitrogens with two attached hydrogens (primary N) is 1. The van der Waals surface area contributed by atoms with Gasteiger partial charge in [0.2, 0.25) is 0 Å². The fourth-order valence-electron chi connectivity index (χ4n) is 1.98. The van der Waals surface area contributed by atoms with Crippen molar-refractivity contribution in [3.8, 4) is 0 Å². The number of hydrogen-bond acceptors (Lipinski definition) is 6. The summed E-state index contributed by atoms with van der Waals surface area (Å²) in [6.07, 6.45) is 9.93. The molecule has 1 unspecified atom stereocenters. The normalized spacial score (nSPS) is 15.0. The minimum absolute atomic E-state index is 0.111. The van der Waals surface area contributed by atoms with E-state index in [0.717, 1.165) is 31.3 Å². The Morgan fingerprint density at radius 2 is 1.52 bits per heavy atom. The smallest absolute Gasteiger partial charge is 0.299 e. The van der Waals surface area contributed by atoms with Crippen molar-refractivity contribution < 1.29 is 23.5 Å². The van der Waals surface area contributed by atoms with Crippen molar-refractivity contribution >= 4 is 13.4 Å². The highest BCUT2D eigenvalue weighted by Crippen LogP contribution is 2.46. The van der Waals surface area contributed by atoms with E-state index in [9.17, 15) is 9.36 Å². The quantitative estimate of drug-likeness (QED) is 0.160. The Kier molecular flexibility index (Phi) is 12.7. The third kappa shape index (κ3) is 13.9. The third-order valence-electron chi connectivity index (χ3n) is 3.37. The molecule has 0 bridgehead atoms. The highest BCUT2D eigenvalue weighted by atomic mass is 31.2. The highest BCUT2D eigenvalue weighted by molar-refractivity contribution is 7.54. The molecule has 25 heavy (non-hydrogen) atoms. The Hall–Kier alpha value is -1.04. The zero-order valence-electron chi connectivity index (χ0n) is 16.0. The predicted octanol–water partition coefficient (Wildman–Crippen LogP) is 5.03. The zero-order chi connectivity index (χ0) is 19.3. The molecule has 0 saturated heterocycles. The monoisotopic (exact) mass is 373 g/mol. The van der Waals surface area contributed by atoms with Crippen molar-refractivity contribution in [2.75, 3.05) is 12.8 Å². The van der Waals surface area contributed by atoms with Crippen molar-refractivity contribution in [2.45, 2.75) is 60.3 Å². The van der Waals surface area contributed by atoms with Gasteiger partial charge in [-0.15, -0.1) is 4.67 Å². The Labute approximate surface area is 151 Å². The van der Waals surface area contributed by atoms with Gasteiger partial charge in [-0.25, -0.2) is 15.4 Å². The molecule has 7 heteroatoms. The fraction of sp³-hybridized carbons (Fsp3) is 0.611. The first-order valence-electron chi connectivity index (χ1n) is 8.41. The lowest BCUT2D eigenvalue weighted by Gasteiger charge is -2.12. The minimum atomic E-state index is -3.71. The van der Waals surface area contributed by atoms with Crippen LogP contribution in [0.15, 0.2) is 34.9 Å². The lowest BCUT2D eigenvalue weighted by atomic mass is 10.1. The lowest BCUT2D eigenvalue weighted by Crippen LogP contribution is -2.10. The average molecular weight is 373 g/mol. The van der Waals surface area contributed by atoms with Crippen LogP contribution < -0.4 is 5.90 Å². The van der Waals surface area contributed by atoms with Crippen molar-refractivity contribution in [2.24, 2.45) is 5.90 Å². The van der Waals surface area contributed by atoms with E-state index in [2.05, 4.69) is 42.2 Å². The molecule has 0 amide bonds. The van der Waals surface area contributed by atoms with Crippen LogP contribution in [0.1, 0.15) is 60.3 Å². The Morgan fingerprint density at radius 1 is 0.960 bits per heavy atom. The molecule has 0 aliphatic rings. The summed E-state index contributed by atoms with van der Waals surface area (Å²) in [6.45, 7) is 9.74. The molecule has 0 saturated carbocycles. The molecule has 0 aromatic carbocycles. The van der Waals surface area contributed by atoms with Crippen molar-refractivity contribution in [1.82, 2.24) is 0 Å². The van der Waals surface area contributed by atoms with Crippen LogP contribution in [0.5, 0.6) is 0 Å². The summed E-state index contributed by atoms with van der Waals surface area (Å²) in [5, 5.41) is 0. The van der Waals surface area contributed by atoms with Crippen LogP contribution in [0.3, 0.4) is 0 Å². The number of Topliss-reactive ketones (excluding diaryl/α,β-unsaturated/α-hetero) is 1. The maximum atomic E-state index is 11.9. The second-order valence-corrected chi connectivity index (χ2v) is 8.29. The van der Waals surface area contributed by atoms with E-state index in [1.54, 1.807) is 0 Å². The van der Waals surface area contributed by atoms with E-state index in [-0.39, 0.29) is 12.4 Å². The van der Waals surface area contributed by atoms with E-state index >= 15 is 0 Å². The largest absolute Gasteiger partial charge is 0.381 e. The van der Waals surface area contributed by atoms with Crippen molar-refractivity contribution in [3.05, 3.63) is 34.9 Å². The molecular formula is C18H32NO5P. The topological polar surface area (TPSA) is 87.9 Å². The zero-order valence-corrected chi connectivity index (χ0v) is 16.9. The van der Waals surface area contributed by atoms with Gasteiger partial charge in [-0.05, 0) is 60.3 Å². The first-order valence-corrected chi connectivity index (χ1v) is 10.1. The summed E-state index contributed by atoms with van der Waals surface area (Å²) in [6, 6.07) is 0. The summed E-state index contributed by atoms with van der Waals surface area (Å²) in [5.74, 6) is 4.55. The molecule has 0 fully saturated rings. The summed E-state index contributed by atoms with van der Waals surface area (Å²) >= 11 is 0. The molecule has 6 nitrogen and oxygen atoms in total. The van der Waals surface area contributed by atoms with Gasteiger partial charge in [0.05, 0.1) is 0 Å². The van der Waals surface area contributed by atoms with Gasteiger partial charge in [0, 0.05) is 0 Å². The van der Waals surface area contributed by atoms with Gasteiger partial charge in [-0.3, -0.25) is 9.36 Å². The van der Waals surface area contributed by atoms with Gasteiger partial charge in [0.15, 0.2) is 0 Å². The molecular weight excluding hydrogens is 341 g/mol. The molecule has 0 aromatic rings. The molecule has 0 rings (SSSR count). The maximum Gasteiger partial charge on any atom is 0.381 e. The van der Waals surface area contributed by atoms with Crippen LogP contribution in [0.4, 0.5) is 0 Å². The SMILES string of the molecule is CC(=O)CP(=O)(ON)OOCC=C(C)CCC=C(C)CCC=C(C)C. The Morgan fingerprint density at radius 3 is 2.04 bits per heavy atom. The molecule has 1 atom stereocenters. The van der Waals surface area contributed by atoms with Crippen LogP contribution >= 0.6 is 7.60 Å². The van der Waals surface area contributed by atoms with Gasteiger partial charge >= 0.3 is 7.60 Å². The van der Waals surface area contributed by atoms with Crippen LogP contribution in [-0.2, 0) is 23.5 Å². The summed E-state index contributed by atoms with van der Waals surface area (Å²) in [4.78, 5) is 15.8. The van der Waals surface area contributed by atoms with Gasteiger partial charge < -0.3 is 0 Å². The van der Waals surface area contributed by atoms with Crippen LogP contribution in [-0.4, -0.2) is 18.6 Å². The standard InChI is InChI=1S/C18H32NO5P/c1-15(2)8-6-9-16(3)10-7-11-17(4)12-13-22-24-25(21,23-19)14-18(5)20/h8,10,12H,6-7,9,11,13-14,19H2,1-5H3. The number of rotatable bonds is 13. The minimum Gasteiger partial charge on any atom is -0.299 e. The third-order valence-corrected chi connectivity index (χ3v) is 4.85. The fourth-order valence-corrected chi connectivity index (χ4v) is 2.91. The van der Waals surface area contributed by atoms with Gasteiger partial charge in [-0.2, -0.15) is 0 Å². The van der Waals surface area contributed by atoms with Crippen molar-refractivity contribution in [3.63, 3.8) is 0 Å². The molecule has 0 aliphatic heterocycles. The first kappa shape index (κ1) is 24.0. The van der Waals surface area contributed by atoms with Gasteiger partial charge in [0.25, 0.3) is 0 Å². The van der Waals surface area contributed by atoms with E-state index in [4.69, 9.17) is 10.8 Å². The molecule has 0 heterocycles. The number of hydrogen-bond donors (Lipinski definition) is 1. The van der Waals surface area contributed by atoms with Crippen LogP contribution in [0.25, 0.3) is 0 Å². The summed E-state index contributed by atoms with van der Waals surface area (Å²) in [5.41, 5.74) is 3.86. The van der Waals surface area contributed by atoms with E-state index in [0.29, 0.717) is 0 Å². The van der Waals surface area contributed by atoms with Gasteiger partial charge in [-0.1, -0.05) is 34.9 Å². The van der Waals surface area contributed by atoms with Gasteiger partial charge in [0.1, 0.15) is 18.6 Å². The van der Waals surface area contributed by atoms with E-state index in [1.165, 1.54) is 18.1 Å². The molecule has 0 aromatic heterocycles. The molecule has 0 aliphatic carbocycles. The summed E-state index contributed by atoms with van der Waals surface area (Å²) in [7, 11) is -3.71. The summed E-state index contributed by atoms with van der Waals surface area (Å²) < 4.78 is 20.8. The number of allylic oxidation sites excluding steroid dienone is 5. The van der Waals surface area contributed by atoms with Crippen LogP contribution in [0.2, 0.25) is 0 Å². The molecule has 2 N–H and O–H groups in total. The van der Waals surface area contributed by atoms with E-state index in [1.807, 2.05) is 13.0 Å². The lowest BCUT2D eigenvalue weighted by molar-refractivity contribution is -0.204. The van der Waals surface area contributed by atoms with Crippen molar-refractivity contribution in [1.29, 1.82) is 0 Å². The maximum absolute atomic E-state index is 11.9. The number of ketones is 1. The molecule has 0 radical (unpaired) electrons. The average Bonchev–Trinajstić information content (AvgIpc) is 2.50. The second kappa shape index (κ2) is 13.2. The number of carbonyl (C=O) groups excluding carboxylic acids is 1. The predicted molar refractivity (Wildman–Crippen MR) is 101 cm³/mol.